The van der Waals surface area contributed by atoms with Crippen LogP contribution in [0, 0.1) is 11.2 Å². The average molecular weight is 691 g/mol. The zero-order valence-electron chi connectivity index (χ0n) is 28.7. The van der Waals surface area contributed by atoms with Crippen molar-refractivity contribution in [3.8, 4) is 22.6 Å². The van der Waals surface area contributed by atoms with Gasteiger partial charge in [0.1, 0.15) is 24.2 Å². The molecule has 0 spiro atoms. The number of H-pyrrole nitrogens is 1. The molecule has 2 aliphatic rings. The van der Waals surface area contributed by atoms with Gasteiger partial charge in [0.2, 0.25) is 11.8 Å². The maximum Gasteiger partial charge on any atom is 0.237 e. The van der Waals surface area contributed by atoms with Crippen LogP contribution in [0.1, 0.15) is 20.3 Å². The number of piperazine rings is 1. The lowest BCUT2D eigenvalue weighted by atomic mass is 9.81. The third-order valence-electron chi connectivity index (χ3n) is 9.84. The molecule has 2 fully saturated rings. The molecular weight excluding hydrogens is 651 g/mol. The molecule has 5 heterocycles. The summed E-state index contributed by atoms with van der Waals surface area (Å²) in [5.41, 5.74) is 3.15. The van der Waals surface area contributed by atoms with E-state index in [1.165, 1.54) is 19.2 Å². The van der Waals surface area contributed by atoms with Crippen molar-refractivity contribution in [3.05, 3.63) is 85.1 Å². The molecule has 262 valence electrons. The summed E-state index contributed by atoms with van der Waals surface area (Å²) in [6.07, 6.45) is 5.66. The van der Waals surface area contributed by atoms with Crippen LogP contribution in [0.2, 0.25) is 0 Å². The maximum atomic E-state index is 14.1. The Hall–Kier alpha value is -5.76. The van der Waals surface area contributed by atoms with Gasteiger partial charge in [-0.25, -0.2) is 19.3 Å². The van der Waals surface area contributed by atoms with E-state index in [2.05, 4.69) is 40.5 Å². The van der Waals surface area contributed by atoms with Gasteiger partial charge in [-0.3, -0.25) is 19.6 Å². The molecule has 3 aromatic heterocycles. The van der Waals surface area contributed by atoms with Gasteiger partial charge >= 0.3 is 0 Å². The van der Waals surface area contributed by atoms with Gasteiger partial charge in [0, 0.05) is 79.6 Å². The Morgan fingerprint density at radius 1 is 1.04 bits per heavy atom. The van der Waals surface area contributed by atoms with Gasteiger partial charge in [-0.2, -0.15) is 5.10 Å². The van der Waals surface area contributed by atoms with Gasteiger partial charge < -0.3 is 20.0 Å². The molecule has 2 N–H and O–H groups in total. The highest BCUT2D eigenvalue weighted by Gasteiger charge is 2.48. The van der Waals surface area contributed by atoms with Crippen molar-refractivity contribution in [2.45, 2.75) is 26.3 Å². The van der Waals surface area contributed by atoms with E-state index in [0.29, 0.717) is 62.1 Å². The summed E-state index contributed by atoms with van der Waals surface area (Å²) in [6, 6.07) is 17.3. The number of benzene rings is 2. The van der Waals surface area contributed by atoms with E-state index in [9.17, 15) is 14.0 Å². The van der Waals surface area contributed by atoms with Gasteiger partial charge in [0.05, 0.1) is 23.5 Å². The molecule has 7 rings (SSSR count). The third-order valence-corrected chi connectivity index (χ3v) is 9.84. The first-order chi connectivity index (χ1) is 24.7. The Morgan fingerprint density at radius 2 is 1.82 bits per heavy atom. The highest BCUT2D eigenvalue weighted by Crippen LogP contribution is 2.35. The number of oxime groups is 1. The van der Waals surface area contributed by atoms with Gasteiger partial charge in [-0.15, -0.1) is 0 Å². The Kier molecular flexibility index (Phi) is 9.41. The third kappa shape index (κ3) is 6.86. The number of nitrogens with zero attached hydrogens (tertiary/aromatic N) is 8. The number of nitrogens with one attached hydrogen (secondary N) is 2. The van der Waals surface area contributed by atoms with Crippen molar-refractivity contribution >= 4 is 39.9 Å². The number of anilines is 2. The normalized spacial score (nSPS) is 19.8. The molecule has 2 aliphatic heterocycles. The van der Waals surface area contributed by atoms with E-state index >= 15 is 0 Å². The Balaban J connectivity index is 1.01. The van der Waals surface area contributed by atoms with E-state index in [1.54, 1.807) is 43.7 Å². The standard InChI is InChI=1S/C37H39FN10O3/c1-24-21-47(32-12-7-27(20-41-32)35-39-14-4-15-40-35)17-18-48(24)33(49)22-46-16-13-37(23-46,25(2)45-51-3)36(50)42-29-10-11-31-30(19-29)34(44-43-31)26-5-8-28(38)9-6-26/h4-12,14-15,19-20,24H,13,16-18,21-23H2,1-3H3,(H,42,50)(H,43,44)/t24-,37?/m1/s1. The second-order valence-corrected chi connectivity index (χ2v) is 13.1. The van der Waals surface area contributed by atoms with Crippen molar-refractivity contribution in [2.24, 2.45) is 10.6 Å². The smallest absolute Gasteiger partial charge is 0.237 e. The number of rotatable bonds is 9. The summed E-state index contributed by atoms with van der Waals surface area (Å²) < 4.78 is 13.6. The van der Waals surface area contributed by atoms with Crippen LogP contribution in [0.4, 0.5) is 15.9 Å². The first-order valence-corrected chi connectivity index (χ1v) is 16.9. The Morgan fingerprint density at radius 3 is 2.55 bits per heavy atom. The summed E-state index contributed by atoms with van der Waals surface area (Å²) in [5.74, 6) is 0.921. The Labute approximate surface area is 294 Å². The van der Waals surface area contributed by atoms with E-state index in [0.717, 1.165) is 27.8 Å². The summed E-state index contributed by atoms with van der Waals surface area (Å²) in [7, 11) is 1.46. The number of hydrogen-bond donors (Lipinski definition) is 2. The zero-order valence-corrected chi connectivity index (χ0v) is 28.7. The van der Waals surface area contributed by atoms with Crippen LogP contribution in [0.15, 0.2) is 84.4 Å². The summed E-state index contributed by atoms with van der Waals surface area (Å²) in [5, 5.41) is 15.5. The molecule has 2 aromatic carbocycles. The minimum absolute atomic E-state index is 0.0166. The first kappa shape index (κ1) is 33.7. The van der Waals surface area contributed by atoms with Crippen molar-refractivity contribution in [1.82, 2.24) is 34.9 Å². The lowest BCUT2D eigenvalue weighted by Gasteiger charge is -2.41. The van der Waals surface area contributed by atoms with Crippen molar-refractivity contribution < 1.29 is 18.8 Å². The number of carbonyl (C=O) groups is 2. The number of halogens is 1. The summed E-state index contributed by atoms with van der Waals surface area (Å²) in [6.45, 7) is 6.74. The minimum atomic E-state index is -1.01. The first-order valence-electron chi connectivity index (χ1n) is 16.9. The minimum Gasteiger partial charge on any atom is -0.399 e. The second-order valence-electron chi connectivity index (χ2n) is 13.1. The van der Waals surface area contributed by atoms with E-state index < -0.39 is 5.41 Å². The molecule has 2 saturated heterocycles. The van der Waals surface area contributed by atoms with Crippen LogP contribution >= 0.6 is 0 Å². The fraction of sp³-hybridized carbons (Fsp3) is 0.324. The Bertz CT molecular complexity index is 2060. The molecule has 2 atom stereocenters. The van der Waals surface area contributed by atoms with Crippen molar-refractivity contribution in [3.63, 3.8) is 0 Å². The predicted octanol–water partition coefficient (Wildman–Crippen LogP) is 4.61. The van der Waals surface area contributed by atoms with Gasteiger partial charge in [0.15, 0.2) is 5.82 Å². The quantitative estimate of drug-likeness (QED) is 0.167. The molecule has 0 bridgehead atoms. The van der Waals surface area contributed by atoms with E-state index in [1.807, 2.05) is 47.1 Å². The predicted molar refractivity (Wildman–Crippen MR) is 192 cm³/mol. The van der Waals surface area contributed by atoms with Crippen LogP contribution < -0.4 is 10.2 Å². The van der Waals surface area contributed by atoms with Crippen molar-refractivity contribution in [1.29, 1.82) is 0 Å². The lowest BCUT2D eigenvalue weighted by molar-refractivity contribution is -0.135. The molecule has 2 amide bonds. The van der Waals surface area contributed by atoms with Crippen LogP contribution in [0.3, 0.4) is 0 Å². The van der Waals surface area contributed by atoms with Crippen LogP contribution in [0.25, 0.3) is 33.5 Å². The number of likely N-dealkylation sites (tertiary alicyclic amines) is 1. The summed E-state index contributed by atoms with van der Waals surface area (Å²) >= 11 is 0. The molecular formula is C37H39FN10O3. The molecule has 0 radical (unpaired) electrons. The number of hydrogen-bond acceptors (Lipinski definition) is 10. The van der Waals surface area contributed by atoms with E-state index in [-0.39, 0.29) is 30.2 Å². The molecule has 14 heteroatoms. The average Bonchev–Trinajstić information content (AvgIpc) is 3.78. The van der Waals surface area contributed by atoms with Gasteiger partial charge in [0.25, 0.3) is 0 Å². The summed E-state index contributed by atoms with van der Waals surface area (Å²) in [4.78, 5) is 52.3. The van der Waals surface area contributed by atoms with Gasteiger partial charge in [-0.1, -0.05) is 5.16 Å². The fourth-order valence-electron chi connectivity index (χ4n) is 7.04. The molecule has 5 aromatic rings. The molecule has 51 heavy (non-hydrogen) atoms. The second kappa shape index (κ2) is 14.2. The fourth-order valence-corrected chi connectivity index (χ4v) is 7.04. The van der Waals surface area contributed by atoms with Crippen LogP contribution in [-0.2, 0) is 14.4 Å². The lowest BCUT2D eigenvalue weighted by Crippen LogP contribution is -2.56. The zero-order chi connectivity index (χ0) is 35.5. The number of amides is 2. The maximum absolute atomic E-state index is 14.1. The molecule has 0 aliphatic carbocycles. The number of aromatic amines is 1. The van der Waals surface area contributed by atoms with Gasteiger partial charge in [-0.05, 0) is 80.9 Å². The number of fused-ring (bicyclic) bond motifs is 1. The highest BCUT2D eigenvalue weighted by molar-refractivity contribution is 6.13. The topological polar surface area (TPSA) is 145 Å². The monoisotopic (exact) mass is 690 g/mol. The van der Waals surface area contributed by atoms with Crippen LogP contribution in [-0.4, -0.2) is 105 Å². The number of carbonyl (C=O) groups excluding carboxylic acids is 2. The van der Waals surface area contributed by atoms with Crippen molar-refractivity contribution in [2.75, 3.05) is 56.6 Å². The highest BCUT2D eigenvalue weighted by atomic mass is 19.1. The SMILES string of the molecule is CON=C(C)C1(C(=O)Nc2ccc3[nH]nc(-c4ccc(F)cc4)c3c2)CCN(CC(=O)N2CCN(c3ccc(-c4ncccn4)cn3)C[C@H]2C)C1. The molecule has 1 unspecified atom stereocenters. The van der Waals surface area contributed by atoms with Crippen LogP contribution in [0.5, 0.6) is 0 Å². The largest absolute Gasteiger partial charge is 0.399 e. The number of pyridine rings is 1. The van der Waals surface area contributed by atoms with E-state index in [4.69, 9.17) is 4.84 Å². The molecule has 0 saturated carbocycles. The molecule has 13 nitrogen and oxygen atoms in total. The number of aromatic nitrogens is 5.